The number of nitrogens with zero attached hydrogens (tertiary/aromatic N) is 2. The van der Waals surface area contributed by atoms with Crippen molar-refractivity contribution in [3.05, 3.63) is 86.3 Å². The zero-order valence-corrected chi connectivity index (χ0v) is 18.4. The van der Waals surface area contributed by atoms with Gasteiger partial charge in [-0.3, -0.25) is 14.9 Å². The molecule has 0 fully saturated rings. The molecule has 4 aromatic rings. The van der Waals surface area contributed by atoms with Crippen molar-refractivity contribution in [2.45, 2.75) is 10.1 Å². The van der Waals surface area contributed by atoms with E-state index in [0.717, 1.165) is 12.3 Å². The van der Waals surface area contributed by atoms with E-state index in [0.29, 0.717) is 20.1 Å². The van der Waals surface area contributed by atoms with E-state index in [1.165, 1.54) is 58.7 Å². The molecule has 0 aliphatic rings. The van der Waals surface area contributed by atoms with Gasteiger partial charge in [0.1, 0.15) is 17.8 Å². The van der Waals surface area contributed by atoms with Crippen molar-refractivity contribution in [3.63, 3.8) is 0 Å². The van der Waals surface area contributed by atoms with E-state index in [9.17, 15) is 18.8 Å². The molecule has 162 valence electrons. The lowest BCUT2D eigenvalue weighted by Crippen LogP contribution is -2.15. The average molecular weight is 490 g/mol. The lowest BCUT2D eigenvalue weighted by atomic mass is 10.2. The van der Waals surface area contributed by atoms with Crippen molar-refractivity contribution in [1.29, 1.82) is 0 Å². The van der Waals surface area contributed by atoms with Gasteiger partial charge >= 0.3 is 5.97 Å². The van der Waals surface area contributed by atoms with Crippen LogP contribution in [0, 0.1) is 5.82 Å². The number of amides is 1. The molecule has 12 heteroatoms. The molecule has 3 heterocycles. The summed E-state index contributed by atoms with van der Waals surface area (Å²) in [5.74, 6) is -1.79. The van der Waals surface area contributed by atoms with Gasteiger partial charge in [-0.1, -0.05) is 41.3 Å². The maximum Gasteiger partial charge on any atom is 0.346 e. The van der Waals surface area contributed by atoms with Crippen molar-refractivity contribution in [2.24, 2.45) is 0 Å². The number of aromatic nitrogens is 2. The Morgan fingerprint density at radius 1 is 1.19 bits per heavy atom. The van der Waals surface area contributed by atoms with Crippen LogP contribution in [0.15, 0.2) is 67.7 Å². The van der Waals surface area contributed by atoms with Gasteiger partial charge in [-0.05, 0) is 23.6 Å². The van der Waals surface area contributed by atoms with Crippen LogP contribution in [0.3, 0.4) is 0 Å². The van der Waals surface area contributed by atoms with Gasteiger partial charge in [0, 0.05) is 6.07 Å². The number of hydrogen-bond donors (Lipinski definition) is 1. The predicted octanol–water partition coefficient (Wildman–Crippen LogP) is 4.46. The molecule has 1 aromatic carbocycles. The molecule has 1 N–H and O–H groups in total. The van der Waals surface area contributed by atoms with Crippen LogP contribution in [-0.2, 0) is 5.75 Å². The van der Waals surface area contributed by atoms with Gasteiger partial charge in [0.2, 0.25) is 16.3 Å². The third kappa shape index (κ3) is 5.28. The van der Waals surface area contributed by atoms with E-state index in [-0.39, 0.29) is 23.0 Å². The Morgan fingerprint density at radius 2 is 2.03 bits per heavy atom. The molecule has 0 unspecified atom stereocenters. The molecule has 3 aromatic heterocycles. The second kappa shape index (κ2) is 9.85. The van der Waals surface area contributed by atoms with E-state index >= 15 is 0 Å². The molecule has 0 saturated carbocycles. The maximum absolute atomic E-state index is 13.7. The van der Waals surface area contributed by atoms with Crippen molar-refractivity contribution in [2.75, 3.05) is 5.32 Å². The van der Waals surface area contributed by atoms with Crippen LogP contribution >= 0.6 is 34.4 Å². The lowest BCUT2D eigenvalue weighted by molar-refractivity contribution is 0.0723. The minimum Gasteiger partial charge on any atom is -0.464 e. The van der Waals surface area contributed by atoms with E-state index in [1.54, 1.807) is 17.5 Å². The van der Waals surface area contributed by atoms with Gasteiger partial charge < -0.3 is 9.15 Å². The number of thiophene rings is 1. The summed E-state index contributed by atoms with van der Waals surface area (Å²) < 4.78 is 24.5. The summed E-state index contributed by atoms with van der Waals surface area (Å²) in [7, 11) is 0. The fourth-order valence-corrected chi connectivity index (χ4v) is 4.64. The van der Waals surface area contributed by atoms with Crippen LogP contribution in [0.1, 0.15) is 25.8 Å². The van der Waals surface area contributed by atoms with Crippen LogP contribution in [-0.4, -0.2) is 22.1 Å². The van der Waals surface area contributed by atoms with Crippen LogP contribution in [0.2, 0.25) is 0 Å². The highest BCUT2D eigenvalue weighted by Gasteiger charge is 2.16. The third-order valence-electron chi connectivity index (χ3n) is 3.86. The molecular weight excluding hydrogens is 477 g/mol. The molecule has 0 bridgehead atoms. The number of halogens is 1. The summed E-state index contributed by atoms with van der Waals surface area (Å²) in [4.78, 5) is 36.9. The molecule has 0 aliphatic carbocycles. The quantitative estimate of drug-likeness (QED) is 0.230. The van der Waals surface area contributed by atoms with E-state index in [2.05, 4.69) is 15.5 Å². The van der Waals surface area contributed by atoms with Crippen molar-refractivity contribution in [1.82, 2.24) is 10.2 Å². The summed E-state index contributed by atoms with van der Waals surface area (Å²) in [6.07, 6.45) is 1.00. The Morgan fingerprint density at radius 3 is 2.78 bits per heavy atom. The first-order valence-electron chi connectivity index (χ1n) is 8.89. The van der Waals surface area contributed by atoms with Gasteiger partial charge in [0.05, 0.1) is 16.2 Å². The van der Waals surface area contributed by atoms with Crippen molar-refractivity contribution < 1.29 is 23.1 Å². The summed E-state index contributed by atoms with van der Waals surface area (Å²) in [5.41, 5.74) is -0.873. The smallest absolute Gasteiger partial charge is 0.346 e. The average Bonchev–Trinajstić information content (AvgIpc) is 3.46. The summed E-state index contributed by atoms with van der Waals surface area (Å²) >= 11 is 3.75. The maximum atomic E-state index is 13.7. The van der Waals surface area contributed by atoms with Crippen LogP contribution in [0.5, 0.6) is 5.75 Å². The highest BCUT2D eigenvalue weighted by atomic mass is 32.2. The number of carbonyl (C=O) groups excluding carboxylic acids is 2. The number of rotatable bonds is 7. The number of benzene rings is 1. The zero-order valence-electron chi connectivity index (χ0n) is 15.9. The summed E-state index contributed by atoms with van der Waals surface area (Å²) in [6, 6.07) is 9.95. The van der Waals surface area contributed by atoms with Gasteiger partial charge in [-0.25, -0.2) is 9.18 Å². The predicted molar refractivity (Wildman–Crippen MR) is 118 cm³/mol. The van der Waals surface area contributed by atoms with Crippen LogP contribution in [0.25, 0.3) is 0 Å². The highest BCUT2D eigenvalue weighted by molar-refractivity contribution is 8.00. The normalized spacial score (nSPS) is 10.7. The zero-order chi connectivity index (χ0) is 22.5. The summed E-state index contributed by atoms with van der Waals surface area (Å²) in [6.45, 7) is 0. The number of anilines is 1. The molecule has 0 atom stereocenters. The van der Waals surface area contributed by atoms with E-state index < -0.39 is 17.2 Å². The molecule has 8 nitrogen and oxygen atoms in total. The molecule has 32 heavy (non-hydrogen) atoms. The number of ether oxygens (including phenoxy) is 1. The third-order valence-corrected chi connectivity index (χ3v) is 6.72. The molecule has 0 spiro atoms. The van der Waals surface area contributed by atoms with E-state index in [1.807, 2.05) is 0 Å². The standard InChI is InChI=1S/C20H12FN3O5S3/c21-13-5-2-1-4-12(13)18(27)29-15-9-28-11(8-14(15)25)10-31-20-24-23-19(32-20)22-17(26)16-6-3-7-30-16/h1-9H,10H2,(H,22,23,26). The van der Waals surface area contributed by atoms with Crippen molar-refractivity contribution in [3.8, 4) is 5.75 Å². The molecule has 0 aliphatic heterocycles. The Kier molecular flexibility index (Phi) is 6.73. The second-order valence-corrected chi connectivity index (χ2v) is 9.19. The number of esters is 1. The minimum atomic E-state index is -0.997. The van der Waals surface area contributed by atoms with Crippen molar-refractivity contribution >= 4 is 51.4 Å². The molecule has 0 radical (unpaired) electrons. The van der Waals surface area contributed by atoms with Crippen LogP contribution in [0.4, 0.5) is 9.52 Å². The van der Waals surface area contributed by atoms with Crippen LogP contribution < -0.4 is 15.5 Å². The molecule has 1 amide bonds. The fourth-order valence-electron chi connectivity index (χ4n) is 2.39. The highest BCUT2D eigenvalue weighted by Crippen LogP contribution is 2.28. The SMILES string of the molecule is O=C(Nc1nnc(SCc2cc(=O)c(OC(=O)c3ccccc3F)co2)s1)c1cccs1. The van der Waals surface area contributed by atoms with Gasteiger partial charge in [-0.15, -0.1) is 21.5 Å². The first-order chi connectivity index (χ1) is 15.5. The second-order valence-electron chi connectivity index (χ2n) is 6.04. The van der Waals surface area contributed by atoms with Gasteiger partial charge in [0.25, 0.3) is 5.91 Å². The Balaban J connectivity index is 1.35. The number of nitrogens with one attached hydrogen (secondary N) is 1. The first-order valence-corrected chi connectivity index (χ1v) is 11.6. The number of hydrogen-bond acceptors (Lipinski definition) is 10. The Bertz CT molecular complexity index is 1320. The van der Waals surface area contributed by atoms with Gasteiger partial charge in [0.15, 0.2) is 4.34 Å². The number of thioether (sulfide) groups is 1. The largest absolute Gasteiger partial charge is 0.464 e. The van der Waals surface area contributed by atoms with E-state index in [4.69, 9.17) is 9.15 Å². The summed E-state index contributed by atoms with van der Waals surface area (Å²) in [5, 5.41) is 12.7. The number of carbonyl (C=O) groups is 2. The fraction of sp³-hybridized carbons (Fsp3) is 0.0500. The van der Waals surface area contributed by atoms with Gasteiger partial charge in [-0.2, -0.15) is 0 Å². The molecule has 4 rings (SSSR count). The minimum absolute atomic E-state index is 0.254. The lowest BCUT2D eigenvalue weighted by Gasteiger charge is -2.05. The first kappa shape index (κ1) is 21.9. The molecule has 0 saturated heterocycles. The molecular formula is C20H12FN3O5S3. The monoisotopic (exact) mass is 489 g/mol. The topological polar surface area (TPSA) is 111 Å². The Hall–Kier alpha value is -3.35. The Labute approximate surface area is 192 Å².